The van der Waals surface area contributed by atoms with Crippen LogP contribution >= 0.6 is 0 Å². The fourth-order valence-corrected chi connectivity index (χ4v) is 3.62. The fraction of sp³-hybridized carbons (Fsp3) is 0.125. The van der Waals surface area contributed by atoms with Gasteiger partial charge in [0, 0.05) is 7.05 Å². The van der Waals surface area contributed by atoms with Crippen LogP contribution in [0.15, 0.2) is 84.9 Å². The van der Waals surface area contributed by atoms with Crippen molar-refractivity contribution in [1.29, 1.82) is 0 Å². The molecule has 0 unspecified atom stereocenters. The van der Waals surface area contributed by atoms with E-state index in [4.69, 9.17) is 4.74 Å². The zero-order chi connectivity index (χ0) is 18.6. The second-order valence-corrected chi connectivity index (χ2v) is 6.58. The smallest absolute Gasteiger partial charge is 0.410 e. The molecule has 134 valence electrons. The van der Waals surface area contributed by atoms with E-state index < -0.39 is 0 Å². The minimum Gasteiger partial charge on any atom is -0.445 e. The summed E-state index contributed by atoms with van der Waals surface area (Å²) in [7, 11) is 1.80. The summed E-state index contributed by atoms with van der Waals surface area (Å²) >= 11 is 0. The van der Waals surface area contributed by atoms with Gasteiger partial charge in [-0.2, -0.15) is 0 Å². The molecule has 4 rings (SSSR count). The Hall–Kier alpha value is -3.33. The van der Waals surface area contributed by atoms with Crippen LogP contribution in [-0.4, -0.2) is 24.6 Å². The van der Waals surface area contributed by atoms with E-state index in [1.165, 1.54) is 11.1 Å². The van der Waals surface area contributed by atoms with Crippen molar-refractivity contribution < 1.29 is 9.53 Å². The molecule has 27 heavy (non-hydrogen) atoms. The first kappa shape index (κ1) is 17.1. The molecule has 3 nitrogen and oxygen atoms in total. The van der Waals surface area contributed by atoms with E-state index in [0.29, 0.717) is 0 Å². The summed E-state index contributed by atoms with van der Waals surface area (Å²) in [5.41, 5.74) is 5.72. The molecular weight excluding hydrogens is 334 g/mol. The molecule has 0 radical (unpaired) electrons. The normalized spacial score (nSPS) is 12.6. The predicted octanol–water partition coefficient (Wildman–Crippen LogP) is 5.54. The molecule has 3 heteroatoms. The Bertz CT molecular complexity index is 933. The third-order valence-electron chi connectivity index (χ3n) is 4.89. The first-order valence-electron chi connectivity index (χ1n) is 9.05. The maximum Gasteiger partial charge on any atom is 0.410 e. The van der Waals surface area contributed by atoms with E-state index in [1.54, 1.807) is 11.9 Å². The summed E-state index contributed by atoms with van der Waals surface area (Å²) in [6, 6.07) is 26.3. The number of hydrogen-bond donors (Lipinski definition) is 0. The number of fused-ring (bicyclic) bond motifs is 3. The molecule has 1 aliphatic carbocycles. The van der Waals surface area contributed by atoms with Gasteiger partial charge < -0.3 is 9.64 Å². The molecule has 0 bridgehead atoms. The van der Waals surface area contributed by atoms with E-state index >= 15 is 0 Å². The van der Waals surface area contributed by atoms with Crippen LogP contribution < -0.4 is 0 Å². The molecule has 0 fully saturated rings. The predicted molar refractivity (Wildman–Crippen MR) is 108 cm³/mol. The van der Waals surface area contributed by atoms with Gasteiger partial charge in [-0.1, -0.05) is 84.9 Å². The summed E-state index contributed by atoms with van der Waals surface area (Å²) in [6.07, 6.45) is 3.48. The number of hydrogen-bond acceptors (Lipinski definition) is 2. The number of carbonyl (C=O) groups excluding carboxylic acids is 1. The van der Waals surface area contributed by atoms with Crippen molar-refractivity contribution in [2.24, 2.45) is 0 Å². The van der Waals surface area contributed by atoms with Gasteiger partial charge in [0.2, 0.25) is 0 Å². The van der Waals surface area contributed by atoms with E-state index in [0.717, 1.165) is 16.7 Å². The number of benzene rings is 3. The summed E-state index contributed by atoms with van der Waals surface area (Å²) in [4.78, 5) is 14.3. The van der Waals surface area contributed by atoms with Gasteiger partial charge in [0.05, 0.1) is 6.04 Å². The van der Waals surface area contributed by atoms with Gasteiger partial charge in [-0.15, -0.1) is 0 Å². The maximum absolute atomic E-state index is 12.6. The van der Waals surface area contributed by atoms with Gasteiger partial charge in [0.1, 0.15) is 6.61 Å². The highest BCUT2D eigenvalue weighted by Gasteiger charge is 2.33. The number of rotatable bonds is 4. The molecule has 0 heterocycles. The number of carbonyl (C=O) groups is 1. The van der Waals surface area contributed by atoms with Crippen molar-refractivity contribution >= 4 is 12.2 Å². The zero-order valence-electron chi connectivity index (χ0n) is 15.2. The van der Waals surface area contributed by atoms with Crippen molar-refractivity contribution in [2.45, 2.75) is 6.04 Å². The van der Waals surface area contributed by atoms with Crippen molar-refractivity contribution in [3.8, 4) is 11.1 Å². The molecule has 0 spiro atoms. The minimum absolute atomic E-state index is 0.122. The van der Waals surface area contributed by atoms with Crippen LogP contribution in [-0.2, 0) is 4.74 Å². The summed E-state index contributed by atoms with van der Waals surface area (Å²) in [5, 5.41) is 0. The Morgan fingerprint density at radius 1 is 0.889 bits per heavy atom. The largest absolute Gasteiger partial charge is 0.445 e. The molecule has 1 aliphatic rings. The van der Waals surface area contributed by atoms with E-state index in [1.807, 2.05) is 66.7 Å². The third kappa shape index (κ3) is 3.36. The Morgan fingerprint density at radius 2 is 1.44 bits per heavy atom. The van der Waals surface area contributed by atoms with Crippen LogP contribution in [0.4, 0.5) is 4.79 Å². The standard InChI is InChI=1S/C24H21NO2/c1-25(24(26)27-17-9-12-18-10-3-2-4-11-18)23-21-15-7-5-13-19(21)20-14-6-8-16-22(20)23/h2-16,23H,17H2,1H3. The highest BCUT2D eigenvalue weighted by Crippen LogP contribution is 2.45. The van der Waals surface area contributed by atoms with Crippen LogP contribution in [0.25, 0.3) is 17.2 Å². The van der Waals surface area contributed by atoms with Crippen LogP contribution in [0.3, 0.4) is 0 Å². The third-order valence-corrected chi connectivity index (χ3v) is 4.89. The van der Waals surface area contributed by atoms with E-state index in [9.17, 15) is 4.79 Å². The molecule has 0 saturated carbocycles. The second kappa shape index (κ2) is 7.50. The number of nitrogens with zero attached hydrogens (tertiary/aromatic N) is 1. The average molecular weight is 355 g/mol. The quantitative estimate of drug-likeness (QED) is 0.615. The Kier molecular flexibility index (Phi) is 4.75. The molecule has 3 aromatic rings. The van der Waals surface area contributed by atoms with Crippen LogP contribution in [0.5, 0.6) is 0 Å². The lowest BCUT2D eigenvalue weighted by molar-refractivity contribution is 0.113. The fourth-order valence-electron chi connectivity index (χ4n) is 3.62. The van der Waals surface area contributed by atoms with Gasteiger partial charge in [-0.3, -0.25) is 0 Å². The highest BCUT2D eigenvalue weighted by molar-refractivity contribution is 5.81. The van der Waals surface area contributed by atoms with Gasteiger partial charge in [0.25, 0.3) is 0 Å². The van der Waals surface area contributed by atoms with E-state index in [2.05, 4.69) is 24.3 Å². The SMILES string of the molecule is CN(C(=O)OCC=Cc1ccccc1)C1c2ccccc2-c2ccccc21. The van der Waals surface area contributed by atoms with Gasteiger partial charge >= 0.3 is 6.09 Å². The highest BCUT2D eigenvalue weighted by atomic mass is 16.6. The van der Waals surface area contributed by atoms with Crippen molar-refractivity contribution in [3.63, 3.8) is 0 Å². The Labute approximate surface area is 159 Å². The summed E-state index contributed by atoms with van der Waals surface area (Å²) in [6.45, 7) is 0.244. The Morgan fingerprint density at radius 3 is 2.07 bits per heavy atom. The van der Waals surface area contributed by atoms with Crippen LogP contribution in [0.2, 0.25) is 0 Å². The van der Waals surface area contributed by atoms with Gasteiger partial charge in [-0.05, 0) is 33.9 Å². The van der Waals surface area contributed by atoms with Gasteiger partial charge in [0.15, 0.2) is 0 Å². The van der Waals surface area contributed by atoms with Gasteiger partial charge in [-0.25, -0.2) is 4.79 Å². The lowest BCUT2D eigenvalue weighted by Crippen LogP contribution is -2.31. The van der Waals surface area contributed by atoms with E-state index in [-0.39, 0.29) is 18.7 Å². The van der Waals surface area contributed by atoms with Crippen molar-refractivity contribution in [2.75, 3.05) is 13.7 Å². The summed E-state index contributed by atoms with van der Waals surface area (Å²) < 4.78 is 5.47. The lowest BCUT2D eigenvalue weighted by atomic mass is 10.0. The van der Waals surface area contributed by atoms with Crippen molar-refractivity contribution in [3.05, 3.63) is 102 Å². The average Bonchev–Trinajstić information content (AvgIpc) is 3.06. The van der Waals surface area contributed by atoms with Crippen LogP contribution in [0, 0.1) is 0 Å². The number of amides is 1. The molecule has 0 aliphatic heterocycles. The molecular formula is C24H21NO2. The summed E-state index contributed by atoms with van der Waals surface area (Å²) in [5.74, 6) is 0. The Balaban J connectivity index is 1.48. The van der Waals surface area contributed by atoms with Crippen LogP contribution in [0.1, 0.15) is 22.7 Å². The molecule has 0 N–H and O–H groups in total. The molecule has 1 amide bonds. The maximum atomic E-state index is 12.6. The zero-order valence-corrected chi connectivity index (χ0v) is 15.2. The first-order valence-corrected chi connectivity index (χ1v) is 9.05. The number of ether oxygens (including phenoxy) is 1. The molecule has 0 aromatic heterocycles. The minimum atomic E-state index is -0.329. The lowest BCUT2D eigenvalue weighted by Gasteiger charge is -2.25. The molecule has 3 aromatic carbocycles. The molecule has 0 saturated heterocycles. The first-order chi connectivity index (χ1) is 13.3. The monoisotopic (exact) mass is 355 g/mol. The molecule has 0 atom stereocenters. The topological polar surface area (TPSA) is 29.5 Å². The van der Waals surface area contributed by atoms with Crippen molar-refractivity contribution in [1.82, 2.24) is 4.90 Å². The second-order valence-electron chi connectivity index (χ2n) is 6.58.